The molecule has 0 aliphatic carbocycles. The van der Waals surface area contributed by atoms with Crippen molar-refractivity contribution in [2.45, 2.75) is 16.7 Å². The summed E-state index contributed by atoms with van der Waals surface area (Å²) in [4.78, 5) is 9.14. The van der Waals surface area contributed by atoms with E-state index in [4.69, 9.17) is 4.98 Å². The lowest BCUT2D eigenvalue weighted by Crippen LogP contribution is -2.07. The van der Waals surface area contributed by atoms with Gasteiger partial charge in [0.25, 0.3) is 0 Å². The van der Waals surface area contributed by atoms with Crippen LogP contribution in [0.25, 0.3) is 10.9 Å². The first kappa shape index (κ1) is 13.1. The Morgan fingerprint density at radius 3 is 2.90 bits per heavy atom. The van der Waals surface area contributed by atoms with Crippen molar-refractivity contribution in [1.82, 2.24) is 19.9 Å². The van der Waals surface area contributed by atoms with Crippen LogP contribution >= 0.6 is 11.8 Å². The summed E-state index contributed by atoms with van der Waals surface area (Å²) >= 11 is 1.60. The van der Waals surface area contributed by atoms with Crippen molar-refractivity contribution in [1.29, 1.82) is 0 Å². The first-order valence-electron chi connectivity index (χ1n) is 6.46. The number of para-hydroxylation sites is 1. The predicted octanol–water partition coefficient (Wildman–Crippen LogP) is 2.84. The molecule has 0 radical (unpaired) electrons. The molecule has 0 amide bonds. The third-order valence-corrected chi connectivity index (χ3v) is 4.22. The number of rotatable bonds is 4. The zero-order valence-corrected chi connectivity index (χ0v) is 12.3. The van der Waals surface area contributed by atoms with Crippen LogP contribution < -0.4 is 5.32 Å². The third kappa shape index (κ3) is 2.55. The van der Waals surface area contributed by atoms with Crippen LogP contribution in [0.4, 0.5) is 0 Å². The monoisotopic (exact) mass is 284 g/mol. The fourth-order valence-electron chi connectivity index (χ4n) is 2.08. The summed E-state index contributed by atoms with van der Waals surface area (Å²) in [6.07, 6.45) is 3.75. The molecule has 1 N–H and O–H groups in total. The number of nitrogens with zero attached hydrogens (tertiary/aromatic N) is 3. The van der Waals surface area contributed by atoms with Crippen LogP contribution in [0.15, 0.2) is 52.9 Å². The van der Waals surface area contributed by atoms with Crippen LogP contribution in [0.5, 0.6) is 0 Å². The molecule has 0 bridgehead atoms. The van der Waals surface area contributed by atoms with E-state index in [1.165, 1.54) is 10.9 Å². The van der Waals surface area contributed by atoms with Gasteiger partial charge in [-0.15, -0.1) is 0 Å². The summed E-state index contributed by atoms with van der Waals surface area (Å²) in [5.41, 5.74) is 2.21. The molecule has 0 fully saturated rings. The van der Waals surface area contributed by atoms with Gasteiger partial charge in [-0.1, -0.05) is 18.2 Å². The second kappa shape index (κ2) is 5.64. The van der Waals surface area contributed by atoms with Gasteiger partial charge in [0.2, 0.25) is 0 Å². The van der Waals surface area contributed by atoms with Gasteiger partial charge in [-0.05, 0) is 36.5 Å². The quantitative estimate of drug-likeness (QED) is 0.800. The lowest BCUT2D eigenvalue weighted by Gasteiger charge is -2.09. The van der Waals surface area contributed by atoms with Crippen LogP contribution in [0.3, 0.4) is 0 Å². The highest BCUT2D eigenvalue weighted by atomic mass is 32.2. The van der Waals surface area contributed by atoms with E-state index in [1.807, 2.05) is 43.1 Å². The minimum atomic E-state index is 0.796. The fourth-order valence-corrected chi connectivity index (χ4v) is 2.98. The van der Waals surface area contributed by atoms with Crippen LogP contribution in [0.1, 0.15) is 5.56 Å². The van der Waals surface area contributed by atoms with E-state index in [-0.39, 0.29) is 0 Å². The molecular weight excluding hydrogens is 268 g/mol. The lowest BCUT2D eigenvalue weighted by atomic mass is 10.1. The molecule has 0 saturated heterocycles. The van der Waals surface area contributed by atoms with E-state index in [0.29, 0.717) is 0 Å². The molecule has 2 heterocycles. The molecule has 2 aromatic heterocycles. The van der Waals surface area contributed by atoms with E-state index in [9.17, 15) is 0 Å². The van der Waals surface area contributed by atoms with Crippen molar-refractivity contribution in [2.75, 3.05) is 7.05 Å². The van der Waals surface area contributed by atoms with Gasteiger partial charge in [-0.2, -0.15) is 0 Å². The average molecular weight is 284 g/mol. The standard InChI is InChI=1S/C15H16N4S/c1-16-10-12-9-11-5-3-4-6-13(11)18-14(12)20-15-17-7-8-19(15)2/h3-9,16H,10H2,1-2H3. The number of aryl methyl sites for hydroxylation is 1. The molecule has 0 unspecified atom stereocenters. The van der Waals surface area contributed by atoms with Gasteiger partial charge in [0.1, 0.15) is 5.03 Å². The minimum Gasteiger partial charge on any atom is -0.329 e. The molecule has 1 aromatic carbocycles. The van der Waals surface area contributed by atoms with Crippen LogP contribution in [-0.2, 0) is 13.6 Å². The molecule has 102 valence electrons. The largest absolute Gasteiger partial charge is 0.329 e. The van der Waals surface area contributed by atoms with Crippen LogP contribution in [0, 0.1) is 0 Å². The molecule has 0 aliphatic rings. The molecule has 0 atom stereocenters. The van der Waals surface area contributed by atoms with E-state index in [2.05, 4.69) is 22.4 Å². The normalized spacial score (nSPS) is 11.1. The van der Waals surface area contributed by atoms with Gasteiger partial charge in [0.05, 0.1) is 5.52 Å². The van der Waals surface area contributed by atoms with Crippen molar-refractivity contribution < 1.29 is 0 Å². The molecule has 0 aliphatic heterocycles. The molecule has 0 spiro atoms. The van der Waals surface area contributed by atoms with Crippen LogP contribution in [-0.4, -0.2) is 21.6 Å². The highest BCUT2D eigenvalue weighted by Gasteiger charge is 2.10. The van der Waals surface area contributed by atoms with Crippen molar-refractivity contribution in [2.24, 2.45) is 7.05 Å². The Morgan fingerprint density at radius 2 is 2.15 bits per heavy atom. The maximum absolute atomic E-state index is 4.78. The minimum absolute atomic E-state index is 0.796. The van der Waals surface area contributed by atoms with Gasteiger partial charge in [-0.3, -0.25) is 0 Å². The SMILES string of the molecule is CNCc1cc2ccccc2nc1Sc1nccn1C. The maximum Gasteiger partial charge on any atom is 0.174 e. The highest BCUT2D eigenvalue weighted by Crippen LogP contribution is 2.29. The molecule has 20 heavy (non-hydrogen) atoms. The number of aromatic nitrogens is 3. The first-order valence-corrected chi connectivity index (χ1v) is 7.28. The van der Waals surface area contributed by atoms with Gasteiger partial charge in [-0.25, -0.2) is 9.97 Å². The number of pyridine rings is 1. The number of benzene rings is 1. The van der Waals surface area contributed by atoms with Gasteiger partial charge >= 0.3 is 0 Å². The van der Waals surface area contributed by atoms with Gasteiger partial charge < -0.3 is 9.88 Å². The molecule has 4 nitrogen and oxygen atoms in total. The van der Waals surface area contributed by atoms with E-state index >= 15 is 0 Å². The number of imidazole rings is 1. The summed E-state index contributed by atoms with van der Waals surface area (Å²) in [6, 6.07) is 10.4. The Kier molecular flexibility index (Phi) is 3.71. The van der Waals surface area contributed by atoms with E-state index in [1.54, 1.807) is 18.0 Å². The highest BCUT2D eigenvalue weighted by molar-refractivity contribution is 7.99. The summed E-state index contributed by atoms with van der Waals surface area (Å²) in [5, 5.41) is 6.33. The number of hydrogen-bond acceptors (Lipinski definition) is 4. The Hall–Kier alpha value is -1.85. The number of nitrogens with one attached hydrogen (secondary N) is 1. The van der Waals surface area contributed by atoms with Crippen molar-refractivity contribution in [3.05, 3.63) is 48.3 Å². The van der Waals surface area contributed by atoms with Crippen molar-refractivity contribution in [3.8, 4) is 0 Å². The second-order valence-corrected chi connectivity index (χ2v) is 5.55. The van der Waals surface area contributed by atoms with Crippen molar-refractivity contribution in [3.63, 3.8) is 0 Å². The smallest absolute Gasteiger partial charge is 0.174 e. The summed E-state index contributed by atoms with van der Waals surface area (Å²) < 4.78 is 2.00. The first-order chi connectivity index (χ1) is 9.78. The van der Waals surface area contributed by atoms with Crippen LogP contribution in [0.2, 0.25) is 0 Å². The zero-order chi connectivity index (χ0) is 13.9. The molecule has 3 aromatic rings. The Labute approximate surface area is 122 Å². The second-order valence-electron chi connectivity index (χ2n) is 4.60. The third-order valence-electron chi connectivity index (χ3n) is 3.10. The summed E-state index contributed by atoms with van der Waals surface area (Å²) in [7, 11) is 3.94. The predicted molar refractivity (Wildman–Crippen MR) is 81.8 cm³/mol. The number of fused-ring (bicyclic) bond motifs is 1. The lowest BCUT2D eigenvalue weighted by molar-refractivity contribution is 0.777. The van der Waals surface area contributed by atoms with Gasteiger partial charge in [0, 0.05) is 31.4 Å². The van der Waals surface area contributed by atoms with E-state index < -0.39 is 0 Å². The molecule has 3 rings (SSSR count). The summed E-state index contributed by atoms with van der Waals surface area (Å²) in [5.74, 6) is 0. The summed E-state index contributed by atoms with van der Waals surface area (Å²) in [6.45, 7) is 0.796. The molecule has 5 heteroatoms. The topological polar surface area (TPSA) is 42.7 Å². The molecule has 0 saturated carbocycles. The van der Waals surface area contributed by atoms with E-state index in [0.717, 1.165) is 22.2 Å². The number of hydrogen-bond donors (Lipinski definition) is 1. The Balaban J connectivity index is 2.07. The average Bonchev–Trinajstić information content (AvgIpc) is 2.85. The fraction of sp³-hybridized carbons (Fsp3) is 0.200. The Bertz CT molecular complexity index is 736. The maximum atomic E-state index is 4.78. The zero-order valence-electron chi connectivity index (χ0n) is 11.5. The van der Waals surface area contributed by atoms with Crippen molar-refractivity contribution >= 4 is 22.7 Å². The van der Waals surface area contributed by atoms with Gasteiger partial charge in [0.15, 0.2) is 5.16 Å². The Morgan fingerprint density at radius 1 is 1.30 bits per heavy atom. The molecular formula is C15H16N4S.